The Kier molecular flexibility index (Phi) is 4.36. The second-order valence-corrected chi connectivity index (χ2v) is 6.43. The molecule has 0 amide bonds. The number of hydrogen-bond acceptors (Lipinski definition) is 2. The second-order valence-electron chi connectivity index (χ2n) is 3.71. The normalized spacial score (nSPS) is 12.7. The Morgan fingerprint density at radius 2 is 2.06 bits per heavy atom. The third-order valence-corrected chi connectivity index (χ3v) is 4.97. The molecule has 90 valence electrons. The molecule has 0 saturated carbocycles. The van der Waals surface area contributed by atoms with Crippen LogP contribution in [0.5, 0.6) is 0 Å². The second kappa shape index (κ2) is 5.61. The Morgan fingerprint density at radius 1 is 1.29 bits per heavy atom. The van der Waals surface area contributed by atoms with Crippen molar-refractivity contribution in [2.24, 2.45) is 5.73 Å². The minimum absolute atomic E-state index is 0.0620. The van der Waals surface area contributed by atoms with E-state index in [-0.39, 0.29) is 11.9 Å². The van der Waals surface area contributed by atoms with Crippen molar-refractivity contribution >= 4 is 43.2 Å². The molecule has 2 N–H and O–H groups in total. The number of rotatable bonds is 3. The molecule has 0 aliphatic heterocycles. The number of nitrogens with two attached hydrogens (primary N) is 1. The topological polar surface area (TPSA) is 26.0 Å². The van der Waals surface area contributed by atoms with Gasteiger partial charge in [-0.1, -0.05) is 22.0 Å². The van der Waals surface area contributed by atoms with Crippen molar-refractivity contribution in [3.05, 3.63) is 54.8 Å². The molecule has 1 heterocycles. The predicted octanol–water partition coefficient (Wildman–Crippen LogP) is 4.65. The Bertz CT molecular complexity index is 527. The van der Waals surface area contributed by atoms with Gasteiger partial charge in [0.05, 0.1) is 0 Å². The Morgan fingerprint density at radius 3 is 2.65 bits per heavy atom. The van der Waals surface area contributed by atoms with Crippen LogP contribution in [-0.4, -0.2) is 0 Å². The lowest BCUT2D eigenvalue weighted by Crippen LogP contribution is -2.12. The Hall–Kier alpha value is -0.230. The summed E-state index contributed by atoms with van der Waals surface area (Å²) in [5.74, 6) is -0.243. The fraction of sp³-hybridized carbons (Fsp3) is 0.167. The van der Waals surface area contributed by atoms with Crippen LogP contribution in [0.4, 0.5) is 4.39 Å². The zero-order valence-corrected chi connectivity index (χ0v) is 12.8. The summed E-state index contributed by atoms with van der Waals surface area (Å²) < 4.78 is 14.8. The molecule has 17 heavy (non-hydrogen) atoms. The first-order chi connectivity index (χ1) is 8.06. The van der Waals surface area contributed by atoms with Gasteiger partial charge < -0.3 is 5.73 Å². The van der Waals surface area contributed by atoms with Crippen LogP contribution in [0.15, 0.2) is 38.6 Å². The van der Waals surface area contributed by atoms with Crippen molar-refractivity contribution in [1.29, 1.82) is 0 Å². The van der Waals surface area contributed by atoms with Gasteiger partial charge in [0.2, 0.25) is 0 Å². The fourth-order valence-corrected chi connectivity index (χ4v) is 3.51. The lowest BCUT2D eigenvalue weighted by atomic mass is 10.1. The highest BCUT2D eigenvalue weighted by molar-refractivity contribution is 9.10. The Labute approximate surface area is 120 Å². The maximum absolute atomic E-state index is 12.9. The molecular weight excluding hydrogens is 369 g/mol. The zero-order valence-electron chi connectivity index (χ0n) is 8.79. The highest BCUT2D eigenvalue weighted by Gasteiger charge is 2.11. The van der Waals surface area contributed by atoms with Crippen molar-refractivity contribution in [2.75, 3.05) is 0 Å². The first kappa shape index (κ1) is 13.2. The first-order valence-electron chi connectivity index (χ1n) is 4.99. The maximum atomic E-state index is 12.9. The average Bonchev–Trinajstić information content (AvgIpc) is 2.69. The van der Waals surface area contributed by atoms with E-state index in [2.05, 4.69) is 31.9 Å². The summed E-state index contributed by atoms with van der Waals surface area (Å²) in [5, 5.41) is 2.01. The van der Waals surface area contributed by atoms with Gasteiger partial charge in [-0.3, -0.25) is 0 Å². The Balaban J connectivity index is 2.15. The minimum atomic E-state index is -0.243. The SMILES string of the molecule is NC(Cc1ccc(F)cc1Br)c1cc(Br)cs1. The molecule has 0 aliphatic rings. The van der Waals surface area contributed by atoms with Gasteiger partial charge in [-0.25, -0.2) is 4.39 Å². The molecule has 2 aromatic rings. The first-order valence-corrected chi connectivity index (χ1v) is 7.46. The third kappa shape index (κ3) is 3.37. The molecule has 2 rings (SSSR count). The van der Waals surface area contributed by atoms with Gasteiger partial charge in [-0.2, -0.15) is 0 Å². The molecule has 0 bridgehead atoms. The summed E-state index contributed by atoms with van der Waals surface area (Å²) >= 11 is 8.38. The highest BCUT2D eigenvalue weighted by Crippen LogP contribution is 2.28. The zero-order chi connectivity index (χ0) is 12.4. The van der Waals surface area contributed by atoms with E-state index in [4.69, 9.17) is 5.73 Å². The summed E-state index contributed by atoms with van der Waals surface area (Å²) in [6.45, 7) is 0. The van der Waals surface area contributed by atoms with Crippen LogP contribution in [0.1, 0.15) is 16.5 Å². The molecule has 0 spiro atoms. The van der Waals surface area contributed by atoms with Crippen LogP contribution in [0.3, 0.4) is 0 Å². The summed E-state index contributed by atoms with van der Waals surface area (Å²) in [7, 11) is 0. The molecule has 0 fully saturated rings. The average molecular weight is 379 g/mol. The van der Waals surface area contributed by atoms with Crippen molar-refractivity contribution in [3.63, 3.8) is 0 Å². The van der Waals surface area contributed by atoms with Crippen LogP contribution in [0.2, 0.25) is 0 Å². The van der Waals surface area contributed by atoms with E-state index < -0.39 is 0 Å². The molecule has 1 unspecified atom stereocenters. The molecule has 0 radical (unpaired) electrons. The van der Waals surface area contributed by atoms with Crippen molar-refractivity contribution in [2.45, 2.75) is 12.5 Å². The monoisotopic (exact) mass is 377 g/mol. The van der Waals surface area contributed by atoms with Gasteiger partial charge in [-0.05, 0) is 46.1 Å². The van der Waals surface area contributed by atoms with Crippen molar-refractivity contribution in [3.8, 4) is 0 Å². The van der Waals surface area contributed by atoms with Crippen molar-refractivity contribution < 1.29 is 4.39 Å². The van der Waals surface area contributed by atoms with Gasteiger partial charge in [0.25, 0.3) is 0 Å². The molecule has 5 heteroatoms. The van der Waals surface area contributed by atoms with Gasteiger partial charge in [0.15, 0.2) is 0 Å². The fourth-order valence-electron chi connectivity index (χ4n) is 1.55. The van der Waals surface area contributed by atoms with Gasteiger partial charge >= 0.3 is 0 Å². The molecule has 1 atom stereocenters. The molecule has 1 nitrogen and oxygen atoms in total. The number of hydrogen-bond donors (Lipinski definition) is 1. The predicted molar refractivity (Wildman–Crippen MR) is 76.8 cm³/mol. The molecule has 0 saturated heterocycles. The highest BCUT2D eigenvalue weighted by atomic mass is 79.9. The quantitative estimate of drug-likeness (QED) is 0.826. The largest absolute Gasteiger partial charge is 0.323 e. The van der Waals surface area contributed by atoms with E-state index >= 15 is 0 Å². The lowest BCUT2D eigenvalue weighted by molar-refractivity contribution is 0.624. The van der Waals surface area contributed by atoms with E-state index in [1.807, 2.05) is 11.4 Å². The van der Waals surface area contributed by atoms with Gasteiger partial charge in [-0.15, -0.1) is 11.3 Å². The molecule has 1 aromatic carbocycles. The van der Waals surface area contributed by atoms with Crippen LogP contribution in [-0.2, 0) is 6.42 Å². The molecule has 0 aliphatic carbocycles. The molecule has 1 aromatic heterocycles. The van der Waals surface area contributed by atoms with Crippen LogP contribution >= 0.6 is 43.2 Å². The van der Waals surface area contributed by atoms with E-state index in [1.54, 1.807) is 17.4 Å². The van der Waals surface area contributed by atoms with E-state index in [9.17, 15) is 4.39 Å². The van der Waals surface area contributed by atoms with Crippen LogP contribution < -0.4 is 5.73 Å². The van der Waals surface area contributed by atoms with Crippen molar-refractivity contribution in [1.82, 2.24) is 0 Å². The van der Waals surface area contributed by atoms with E-state index in [1.165, 1.54) is 12.1 Å². The number of halogens is 3. The lowest BCUT2D eigenvalue weighted by Gasteiger charge is -2.11. The van der Waals surface area contributed by atoms with Gasteiger partial charge in [0.1, 0.15) is 5.82 Å². The number of thiophene rings is 1. The number of benzene rings is 1. The molecular formula is C12H10Br2FNS. The maximum Gasteiger partial charge on any atom is 0.124 e. The van der Waals surface area contributed by atoms with E-state index in [0.717, 1.165) is 19.4 Å². The third-order valence-electron chi connectivity index (χ3n) is 2.41. The van der Waals surface area contributed by atoms with Crippen LogP contribution in [0.25, 0.3) is 0 Å². The summed E-state index contributed by atoms with van der Waals surface area (Å²) in [4.78, 5) is 1.12. The standard InChI is InChI=1S/C12H10Br2FNS/c13-8-4-12(17-6-8)11(16)3-7-1-2-9(15)5-10(7)14/h1-2,4-6,11H,3,16H2. The summed E-state index contributed by atoms with van der Waals surface area (Å²) in [6, 6.07) is 6.64. The summed E-state index contributed by atoms with van der Waals surface area (Å²) in [6.07, 6.45) is 0.688. The van der Waals surface area contributed by atoms with Gasteiger partial charge in [0, 0.05) is 25.2 Å². The van der Waals surface area contributed by atoms with Crippen LogP contribution in [0, 0.1) is 5.82 Å². The smallest absolute Gasteiger partial charge is 0.124 e. The van der Waals surface area contributed by atoms with E-state index in [0.29, 0.717) is 6.42 Å². The summed E-state index contributed by atoms with van der Waals surface area (Å²) in [5.41, 5.74) is 7.14. The minimum Gasteiger partial charge on any atom is -0.323 e.